The number of aryl methyl sites for hydroxylation is 1. The molecule has 0 aromatic carbocycles. The number of anilines is 1. The zero-order valence-corrected chi connectivity index (χ0v) is 8.88. The van der Waals surface area contributed by atoms with Gasteiger partial charge < -0.3 is 14.8 Å². The van der Waals surface area contributed by atoms with E-state index in [-0.39, 0.29) is 11.5 Å². The molecule has 0 unspecified atom stereocenters. The fraction of sp³-hybridized carbons (Fsp3) is 0.100. The molecular formula is C10H9N3O4. The molecule has 0 spiro atoms. The van der Waals surface area contributed by atoms with Crippen molar-refractivity contribution in [2.75, 3.05) is 5.32 Å². The van der Waals surface area contributed by atoms with E-state index in [1.807, 2.05) is 0 Å². The molecule has 17 heavy (non-hydrogen) atoms. The maximum absolute atomic E-state index is 11.6. The highest BCUT2D eigenvalue weighted by molar-refractivity contribution is 6.02. The van der Waals surface area contributed by atoms with Crippen LogP contribution in [0.4, 0.5) is 5.69 Å². The number of rotatable bonds is 3. The lowest BCUT2D eigenvalue weighted by atomic mass is 10.4. The first-order valence-corrected chi connectivity index (χ1v) is 4.69. The van der Waals surface area contributed by atoms with Gasteiger partial charge in [-0.3, -0.25) is 9.48 Å². The molecule has 0 aliphatic heterocycles. The van der Waals surface area contributed by atoms with Crippen LogP contribution in [0.5, 0.6) is 0 Å². The summed E-state index contributed by atoms with van der Waals surface area (Å²) in [4.78, 5) is 22.2. The topological polar surface area (TPSA) is 97.4 Å². The Balaban J connectivity index is 2.11. The highest BCUT2D eigenvalue weighted by Crippen LogP contribution is 2.11. The number of carboxylic acid groups (broad SMARTS) is 1. The second-order valence-corrected chi connectivity index (χ2v) is 3.33. The quantitative estimate of drug-likeness (QED) is 0.825. The Hall–Kier alpha value is -2.57. The van der Waals surface area contributed by atoms with Crippen LogP contribution in [0.15, 0.2) is 28.9 Å². The number of carbonyl (C=O) groups is 2. The highest BCUT2D eigenvalue weighted by atomic mass is 16.4. The number of aromatic nitrogens is 2. The number of aromatic carboxylic acids is 1. The second kappa shape index (κ2) is 4.12. The molecule has 1 amide bonds. The van der Waals surface area contributed by atoms with Gasteiger partial charge in [-0.1, -0.05) is 0 Å². The molecule has 0 saturated carbocycles. The van der Waals surface area contributed by atoms with E-state index >= 15 is 0 Å². The Morgan fingerprint density at radius 3 is 2.65 bits per heavy atom. The molecule has 0 fully saturated rings. The number of carbonyl (C=O) groups excluding carboxylic acids is 1. The normalized spacial score (nSPS) is 10.2. The van der Waals surface area contributed by atoms with Gasteiger partial charge in [0.25, 0.3) is 5.91 Å². The van der Waals surface area contributed by atoms with Crippen molar-refractivity contribution in [3.8, 4) is 0 Å². The highest BCUT2D eigenvalue weighted by Gasteiger charge is 2.15. The first kappa shape index (κ1) is 10.9. The molecule has 2 N–H and O–H groups in total. The van der Waals surface area contributed by atoms with Crippen LogP contribution in [-0.4, -0.2) is 26.8 Å². The molecule has 0 bridgehead atoms. The summed E-state index contributed by atoms with van der Waals surface area (Å²) in [7, 11) is 1.71. The van der Waals surface area contributed by atoms with E-state index in [4.69, 9.17) is 9.52 Å². The Morgan fingerprint density at radius 1 is 1.41 bits per heavy atom. The van der Waals surface area contributed by atoms with Crippen molar-refractivity contribution in [3.63, 3.8) is 0 Å². The Morgan fingerprint density at radius 2 is 2.12 bits per heavy atom. The molecule has 2 heterocycles. The molecule has 7 nitrogen and oxygen atoms in total. The molecular weight excluding hydrogens is 226 g/mol. The Labute approximate surface area is 95.7 Å². The smallest absolute Gasteiger partial charge is 0.371 e. The van der Waals surface area contributed by atoms with Crippen LogP contribution < -0.4 is 5.32 Å². The standard InChI is InChI=1S/C10H9N3O4/c1-13-5-6(4-11-13)12-9(14)7-2-3-8(17-7)10(15)16/h2-5H,1H3,(H,12,14)(H,15,16). The average molecular weight is 235 g/mol. The fourth-order valence-corrected chi connectivity index (χ4v) is 1.25. The van der Waals surface area contributed by atoms with Gasteiger partial charge in [0.05, 0.1) is 11.9 Å². The zero-order valence-electron chi connectivity index (χ0n) is 8.88. The van der Waals surface area contributed by atoms with Crippen LogP contribution in [0.3, 0.4) is 0 Å². The zero-order chi connectivity index (χ0) is 12.4. The lowest BCUT2D eigenvalue weighted by Crippen LogP contribution is -2.10. The van der Waals surface area contributed by atoms with Crippen LogP contribution in [-0.2, 0) is 7.05 Å². The predicted molar refractivity (Wildman–Crippen MR) is 56.8 cm³/mol. The summed E-state index contributed by atoms with van der Waals surface area (Å²) in [6.07, 6.45) is 3.08. The number of nitrogens with zero attached hydrogens (tertiary/aromatic N) is 2. The van der Waals surface area contributed by atoms with E-state index in [0.29, 0.717) is 5.69 Å². The molecule has 0 atom stereocenters. The minimum absolute atomic E-state index is 0.0637. The van der Waals surface area contributed by atoms with Gasteiger partial charge in [-0.2, -0.15) is 5.10 Å². The minimum Gasteiger partial charge on any atom is -0.475 e. The van der Waals surface area contributed by atoms with Crippen molar-refractivity contribution in [3.05, 3.63) is 36.0 Å². The third-order valence-electron chi connectivity index (χ3n) is 2.00. The molecule has 2 aromatic heterocycles. The fourth-order valence-electron chi connectivity index (χ4n) is 1.25. The molecule has 0 radical (unpaired) electrons. The second-order valence-electron chi connectivity index (χ2n) is 3.33. The number of furan rings is 1. The van der Waals surface area contributed by atoms with Crippen molar-refractivity contribution < 1.29 is 19.1 Å². The van der Waals surface area contributed by atoms with Gasteiger partial charge in [-0.25, -0.2) is 4.79 Å². The summed E-state index contributed by atoms with van der Waals surface area (Å²) in [5.74, 6) is -2.08. The Bertz CT molecular complexity index is 570. The van der Waals surface area contributed by atoms with E-state index in [0.717, 1.165) is 0 Å². The van der Waals surface area contributed by atoms with Crippen LogP contribution in [0.25, 0.3) is 0 Å². The number of hydrogen-bond acceptors (Lipinski definition) is 4. The van der Waals surface area contributed by atoms with E-state index in [9.17, 15) is 9.59 Å². The molecule has 88 valence electrons. The summed E-state index contributed by atoms with van der Waals surface area (Å²) >= 11 is 0. The molecule has 0 aliphatic rings. The molecule has 2 rings (SSSR count). The van der Waals surface area contributed by atoms with Crippen molar-refractivity contribution in [1.82, 2.24) is 9.78 Å². The van der Waals surface area contributed by atoms with Crippen molar-refractivity contribution in [1.29, 1.82) is 0 Å². The molecule has 7 heteroatoms. The average Bonchev–Trinajstić information content (AvgIpc) is 2.86. The van der Waals surface area contributed by atoms with Gasteiger partial charge in [0.15, 0.2) is 5.76 Å². The molecule has 2 aromatic rings. The van der Waals surface area contributed by atoms with Crippen LogP contribution in [0.2, 0.25) is 0 Å². The lowest BCUT2D eigenvalue weighted by Gasteiger charge is -1.97. The molecule has 0 aliphatic carbocycles. The monoisotopic (exact) mass is 235 g/mol. The number of carboxylic acids is 1. The van der Waals surface area contributed by atoms with E-state index in [2.05, 4.69) is 10.4 Å². The van der Waals surface area contributed by atoms with Gasteiger partial charge in [-0.05, 0) is 12.1 Å². The van der Waals surface area contributed by atoms with Crippen molar-refractivity contribution in [2.24, 2.45) is 7.05 Å². The third-order valence-corrected chi connectivity index (χ3v) is 2.00. The lowest BCUT2D eigenvalue weighted by molar-refractivity contribution is 0.0660. The Kier molecular flexibility index (Phi) is 2.65. The minimum atomic E-state index is -1.22. The van der Waals surface area contributed by atoms with Crippen LogP contribution >= 0.6 is 0 Å². The summed E-state index contributed by atoms with van der Waals surface area (Å²) in [6, 6.07) is 2.52. The van der Waals surface area contributed by atoms with Gasteiger partial charge >= 0.3 is 5.97 Å². The third kappa shape index (κ3) is 2.33. The summed E-state index contributed by atoms with van der Waals surface area (Å²) in [5.41, 5.74) is 0.505. The SMILES string of the molecule is Cn1cc(NC(=O)c2ccc(C(=O)O)o2)cn1. The predicted octanol–water partition coefficient (Wildman–Crippen LogP) is 0.964. The summed E-state index contributed by atoms with van der Waals surface area (Å²) < 4.78 is 6.38. The van der Waals surface area contributed by atoms with Crippen LogP contribution in [0, 0.1) is 0 Å². The number of nitrogens with one attached hydrogen (secondary N) is 1. The summed E-state index contributed by atoms with van der Waals surface area (Å²) in [5, 5.41) is 15.0. The largest absolute Gasteiger partial charge is 0.475 e. The van der Waals surface area contributed by atoms with Gasteiger partial charge in [0.2, 0.25) is 5.76 Å². The van der Waals surface area contributed by atoms with Gasteiger partial charge in [-0.15, -0.1) is 0 Å². The van der Waals surface area contributed by atoms with Gasteiger partial charge in [0.1, 0.15) is 0 Å². The van der Waals surface area contributed by atoms with Crippen molar-refractivity contribution in [2.45, 2.75) is 0 Å². The summed E-state index contributed by atoms with van der Waals surface area (Å²) in [6.45, 7) is 0. The number of amides is 1. The first-order chi connectivity index (χ1) is 8.06. The van der Waals surface area contributed by atoms with Crippen LogP contribution in [0.1, 0.15) is 21.1 Å². The van der Waals surface area contributed by atoms with E-state index in [1.165, 1.54) is 23.0 Å². The first-order valence-electron chi connectivity index (χ1n) is 4.69. The van der Waals surface area contributed by atoms with Gasteiger partial charge in [0, 0.05) is 13.2 Å². The van der Waals surface area contributed by atoms with E-state index in [1.54, 1.807) is 13.2 Å². The van der Waals surface area contributed by atoms with E-state index < -0.39 is 11.9 Å². The molecule has 0 saturated heterocycles. The maximum Gasteiger partial charge on any atom is 0.371 e. The maximum atomic E-state index is 11.6. The number of hydrogen-bond donors (Lipinski definition) is 2. The van der Waals surface area contributed by atoms with Crippen molar-refractivity contribution >= 4 is 17.6 Å².